The summed E-state index contributed by atoms with van der Waals surface area (Å²) >= 11 is 2.82. The molecule has 0 aliphatic carbocycles. The molecule has 0 fully saturated rings. The predicted molar refractivity (Wildman–Crippen MR) is 107 cm³/mol. The van der Waals surface area contributed by atoms with Gasteiger partial charge in [0, 0.05) is 17.9 Å². The third kappa shape index (κ3) is 4.17. The Morgan fingerprint density at radius 2 is 1.85 bits per heavy atom. The van der Waals surface area contributed by atoms with E-state index in [0.29, 0.717) is 10.0 Å². The van der Waals surface area contributed by atoms with E-state index in [-0.39, 0.29) is 17.9 Å². The summed E-state index contributed by atoms with van der Waals surface area (Å²) in [6.45, 7) is 5.37. The van der Waals surface area contributed by atoms with Crippen LogP contribution in [0.25, 0.3) is 11.3 Å². The van der Waals surface area contributed by atoms with Crippen molar-refractivity contribution in [2.24, 2.45) is 0 Å². The molecule has 3 aromatic rings. The lowest BCUT2D eigenvalue weighted by molar-refractivity contribution is -0.119. The van der Waals surface area contributed by atoms with Crippen molar-refractivity contribution in [1.29, 1.82) is 0 Å². The third-order valence-electron chi connectivity index (χ3n) is 3.92. The first-order valence-corrected chi connectivity index (χ1v) is 9.88. The van der Waals surface area contributed by atoms with Gasteiger partial charge in [-0.05, 0) is 36.4 Å². The Labute approximate surface area is 160 Å². The Morgan fingerprint density at radius 1 is 1.12 bits per heavy atom. The summed E-state index contributed by atoms with van der Waals surface area (Å²) in [5.41, 5.74) is 3.77. The molecule has 2 aromatic heterocycles. The maximum atomic E-state index is 12.3. The van der Waals surface area contributed by atoms with E-state index in [2.05, 4.69) is 15.6 Å². The van der Waals surface area contributed by atoms with Crippen LogP contribution in [0.2, 0.25) is 0 Å². The number of hydrogen-bond acceptors (Lipinski definition) is 5. The molecule has 2 amide bonds. The number of nitrogens with one attached hydrogen (secondary N) is 2. The van der Waals surface area contributed by atoms with Crippen molar-refractivity contribution in [3.63, 3.8) is 0 Å². The SMILES string of the molecule is CC(=O)NC(C)c1ccc(-c2csc(NC(=O)c3sccc3C)n2)cc1. The van der Waals surface area contributed by atoms with Crippen LogP contribution in [0.4, 0.5) is 5.13 Å². The van der Waals surface area contributed by atoms with Crippen molar-refractivity contribution >= 4 is 39.6 Å². The fourth-order valence-electron chi connectivity index (χ4n) is 2.55. The minimum atomic E-state index is -0.127. The number of anilines is 1. The average molecular weight is 386 g/mol. The number of hydrogen-bond donors (Lipinski definition) is 2. The molecule has 1 unspecified atom stereocenters. The molecule has 3 rings (SSSR count). The van der Waals surface area contributed by atoms with E-state index in [9.17, 15) is 9.59 Å². The molecule has 5 nitrogen and oxygen atoms in total. The van der Waals surface area contributed by atoms with Crippen molar-refractivity contribution in [3.8, 4) is 11.3 Å². The fourth-order valence-corrected chi connectivity index (χ4v) is 4.09. The van der Waals surface area contributed by atoms with E-state index in [1.807, 2.05) is 54.9 Å². The standard InChI is InChI=1S/C19H19N3O2S2/c1-11-8-9-25-17(11)18(24)22-19-21-16(10-26-19)15-6-4-14(5-7-15)12(2)20-13(3)23/h4-10,12H,1-3H3,(H,20,23)(H,21,22,24). The Bertz CT molecular complexity index is 928. The number of aryl methyl sites for hydroxylation is 1. The van der Waals surface area contributed by atoms with Crippen LogP contribution in [0.3, 0.4) is 0 Å². The summed E-state index contributed by atoms with van der Waals surface area (Å²) in [5, 5.41) is 10.1. The minimum absolute atomic E-state index is 0.0409. The number of thiazole rings is 1. The topological polar surface area (TPSA) is 71.1 Å². The van der Waals surface area contributed by atoms with Crippen LogP contribution in [0, 0.1) is 6.92 Å². The van der Waals surface area contributed by atoms with Crippen LogP contribution in [-0.2, 0) is 4.79 Å². The number of thiophene rings is 1. The summed E-state index contributed by atoms with van der Waals surface area (Å²) in [6, 6.07) is 9.78. The summed E-state index contributed by atoms with van der Waals surface area (Å²) in [4.78, 5) is 28.7. The molecule has 7 heteroatoms. The number of nitrogens with zero attached hydrogens (tertiary/aromatic N) is 1. The van der Waals surface area contributed by atoms with Crippen LogP contribution in [0.5, 0.6) is 0 Å². The minimum Gasteiger partial charge on any atom is -0.350 e. The van der Waals surface area contributed by atoms with Gasteiger partial charge in [-0.2, -0.15) is 0 Å². The van der Waals surface area contributed by atoms with Crippen LogP contribution < -0.4 is 10.6 Å². The van der Waals surface area contributed by atoms with Crippen LogP contribution in [-0.4, -0.2) is 16.8 Å². The second-order valence-corrected chi connectivity index (χ2v) is 7.74. The average Bonchev–Trinajstić information content (AvgIpc) is 3.23. The summed E-state index contributed by atoms with van der Waals surface area (Å²) in [6.07, 6.45) is 0. The molecule has 0 spiro atoms. The molecule has 0 saturated carbocycles. The summed E-state index contributed by atoms with van der Waals surface area (Å²) in [7, 11) is 0. The molecule has 0 radical (unpaired) electrons. The van der Waals surface area contributed by atoms with Gasteiger partial charge < -0.3 is 5.32 Å². The van der Waals surface area contributed by atoms with Crippen molar-refractivity contribution in [2.75, 3.05) is 5.32 Å². The molecule has 0 aliphatic heterocycles. The highest BCUT2D eigenvalue weighted by Gasteiger charge is 2.13. The molecule has 0 saturated heterocycles. The molecular weight excluding hydrogens is 366 g/mol. The van der Waals surface area contributed by atoms with Gasteiger partial charge in [0.25, 0.3) is 5.91 Å². The quantitative estimate of drug-likeness (QED) is 0.673. The zero-order valence-corrected chi connectivity index (χ0v) is 16.3. The highest BCUT2D eigenvalue weighted by Crippen LogP contribution is 2.27. The molecule has 2 heterocycles. The molecular formula is C19H19N3O2S2. The number of amides is 2. The number of carbonyl (C=O) groups excluding carboxylic acids is 2. The predicted octanol–water partition coefficient (Wildman–Crippen LogP) is 4.63. The Kier molecular flexibility index (Phi) is 5.49. The second kappa shape index (κ2) is 7.80. The number of aromatic nitrogens is 1. The second-order valence-electron chi connectivity index (χ2n) is 5.97. The lowest BCUT2D eigenvalue weighted by atomic mass is 10.1. The maximum absolute atomic E-state index is 12.3. The number of rotatable bonds is 5. The summed E-state index contributed by atoms with van der Waals surface area (Å²) in [5.74, 6) is -0.180. The van der Waals surface area contributed by atoms with Crippen molar-refractivity contribution in [2.45, 2.75) is 26.8 Å². The Balaban J connectivity index is 1.70. The van der Waals surface area contributed by atoms with Gasteiger partial charge in [0.15, 0.2) is 5.13 Å². The van der Waals surface area contributed by atoms with E-state index in [1.54, 1.807) is 0 Å². The van der Waals surface area contributed by atoms with Gasteiger partial charge >= 0.3 is 0 Å². The molecule has 26 heavy (non-hydrogen) atoms. The van der Waals surface area contributed by atoms with E-state index in [0.717, 1.165) is 22.4 Å². The highest BCUT2D eigenvalue weighted by molar-refractivity contribution is 7.14. The third-order valence-corrected chi connectivity index (χ3v) is 5.69. The number of benzene rings is 1. The smallest absolute Gasteiger partial charge is 0.267 e. The van der Waals surface area contributed by atoms with Crippen LogP contribution >= 0.6 is 22.7 Å². The van der Waals surface area contributed by atoms with Gasteiger partial charge in [-0.15, -0.1) is 22.7 Å². The van der Waals surface area contributed by atoms with Crippen molar-refractivity contribution < 1.29 is 9.59 Å². The molecule has 0 aliphatic rings. The van der Waals surface area contributed by atoms with Gasteiger partial charge in [-0.25, -0.2) is 4.98 Å². The van der Waals surface area contributed by atoms with E-state index in [4.69, 9.17) is 0 Å². The molecule has 134 valence electrons. The van der Waals surface area contributed by atoms with Gasteiger partial charge in [0.2, 0.25) is 5.91 Å². The molecule has 2 N–H and O–H groups in total. The first kappa shape index (κ1) is 18.3. The lowest BCUT2D eigenvalue weighted by Crippen LogP contribution is -2.23. The van der Waals surface area contributed by atoms with Gasteiger partial charge in [0.1, 0.15) is 0 Å². The Hall–Kier alpha value is -2.51. The Morgan fingerprint density at radius 3 is 2.46 bits per heavy atom. The van der Waals surface area contributed by atoms with E-state index < -0.39 is 0 Å². The number of carbonyl (C=O) groups is 2. The highest BCUT2D eigenvalue weighted by atomic mass is 32.1. The first-order chi connectivity index (χ1) is 12.4. The van der Waals surface area contributed by atoms with E-state index >= 15 is 0 Å². The maximum Gasteiger partial charge on any atom is 0.267 e. The first-order valence-electron chi connectivity index (χ1n) is 8.12. The fraction of sp³-hybridized carbons (Fsp3) is 0.211. The molecule has 1 atom stereocenters. The van der Waals surface area contributed by atoms with Crippen LogP contribution in [0.1, 0.15) is 40.7 Å². The zero-order chi connectivity index (χ0) is 18.7. The van der Waals surface area contributed by atoms with Gasteiger partial charge in [-0.1, -0.05) is 24.3 Å². The summed E-state index contributed by atoms with van der Waals surface area (Å²) < 4.78 is 0. The van der Waals surface area contributed by atoms with Crippen LogP contribution in [0.15, 0.2) is 41.1 Å². The van der Waals surface area contributed by atoms with Crippen molar-refractivity contribution in [3.05, 3.63) is 57.1 Å². The lowest BCUT2D eigenvalue weighted by Gasteiger charge is -2.12. The monoisotopic (exact) mass is 385 g/mol. The van der Waals surface area contributed by atoms with Crippen molar-refractivity contribution in [1.82, 2.24) is 10.3 Å². The molecule has 1 aromatic carbocycles. The van der Waals surface area contributed by atoms with Gasteiger partial charge in [-0.3, -0.25) is 14.9 Å². The molecule has 0 bridgehead atoms. The zero-order valence-electron chi connectivity index (χ0n) is 14.7. The van der Waals surface area contributed by atoms with Gasteiger partial charge in [0.05, 0.1) is 16.6 Å². The largest absolute Gasteiger partial charge is 0.350 e. The van der Waals surface area contributed by atoms with E-state index in [1.165, 1.54) is 29.6 Å². The normalized spacial score (nSPS) is 11.8.